The van der Waals surface area contributed by atoms with Crippen LogP contribution in [0, 0.1) is 5.82 Å². The molecule has 1 aliphatic carbocycles. The molecule has 2 aromatic rings. The van der Waals surface area contributed by atoms with Gasteiger partial charge in [-0.25, -0.2) is 9.37 Å². The first-order chi connectivity index (χ1) is 9.76. The molecule has 0 aliphatic heterocycles. The van der Waals surface area contributed by atoms with Gasteiger partial charge in [-0.1, -0.05) is 6.07 Å². The maximum absolute atomic E-state index is 13.1. The molecule has 1 aliphatic rings. The van der Waals surface area contributed by atoms with Gasteiger partial charge in [-0.2, -0.15) is 0 Å². The Bertz CT molecular complexity index is 597. The Morgan fingerprint density at radius 1 is 1.50 bits per heavy atom. The molecule has 3 rings (SSSR count). The summed E-state index contributed by atoms with van der Waals surface area (Å²) in [5.41, 5.74) is 1.23. The molecule has 0 bridgehead atoms. The number of benzene rings is 1. The first-order valence-electron chi connectivity index (χ1n) is 6.80. The molecule has 106 valence electrons. The third-order valence-electron chi connectivity index (χ3n) is 3.51. The van der Waals surface area contributed by atoms with Crippen molar-refractivity contribution in [3.63, 3.8) is 0 Å². The van der Waals surface area contributed by atoms with Crippen molar-refractivity contribution in [2.24, 2.45) is 0 Å². The molecule has 0 amide bonds. The summed E-state index contributed by atoms with van der Waals surface area (Å²) in [7, 11) is 2.00. The SMILES string of the molecule is CNC1CCCc2sc(CSc3cccc(F)c3)nc21. The van der Waals surface area contributed by atoms with Crippen LogP contribution in [-0.4, -0.2) is 12.0 Å². The molecule has 1 heterocycles. The molecule has 1 atom stereocenters. The van der Waals surface area contributed by atoms with E-state index >= 15 is 0 Å². The first-order valence-corrected chi connectivity index (χ1v) is 8.60. The minimum atomic E-state index is -0.177. The number of rotatable bonds is 4. The van der Waals surface area contributed by atoms with Gasteiger partial charge in [-0.05, 0) is 44.5 Å². The van der Waals surface area contributed by atoms with Gasteiger partial charge in [0.2, 0.25) is 0 Å². The lowest BCUT2D eigenvalue weighted by Crippen LogP contribution is -2.21. The highest BCUT2D eigenvalue weighted by molar-refractivity contribution is 7.98. The monoisotopic (exact) mass is 308 g/mol. The van der Waals surface area contributed by atoms with Crippen molar-refractivity contribution < 1.29 is 4.39 Å². The van der Waals surface area contributed by atoms with Crippen LogP contribution in [0.1, 0.15) is 34.5 Å². The summed E-state index contributed by atoms with van der Waals surface area (Å²) in [4.78, 5) is 7.17. The third-order valence-corrected chi connectivity index (χ3v) is 5.82. The lowest BCUT2D eigenvalue weighted by atomic mass is 9.98. The van der Waals surface area contributed by atoms with Gasteiger partial charge in [-0.15, -0.1) is 23.1 Å². The number of hydrogen-bond donors (Lipinski definition) is 1. The van der Waals surface area contributed by atoms with Crippen molar-refractivity contribution in [3.8, 4) is 0 Å². The molecule has 2 nitrogen and oxygen atoms in total. The Kier molecular flexibility index (Phi) is 4.38. The predicted molar refractivity (Wildman–Crippen MR) is 82.8 cm³/mol. The largest absolute Gasteiger partial charge is 0.312 e. The Balaban J connectivity index is 1.71. The van der Waals surface area contributed by atoms with Crippen molar-refractivity contribution in [2.75, 3.05) is 7.05 Å². The van der Waals surface area contributed by atoms with Crippen molar-refractivity contribution in [1.82, 2.24) is 10.3 Å². The molecule has 1 aromatic heterocycles. The van der Waals surface area contributed by atoms with E-state index in [1.807, 2.05) is 24.5 Å². The van der Waals surface area contributed by atoms with E-state index in [1.54, 1.807) is 23.9 Å². The lowest BCUT2D eigenvalue weighted by Gasteiger charge is -2.19. The van der Waals surface area contributed by atoms with Gasteiger partial charge in [0.25, 0.3) is 0 Å². The van der Waals surface area contributed by atoms with Crippen LogP contribution in [0.4, 0.5) is 4.39 Å². The molecule has 0 spiro atoms. The topological polar surface area (TPSA) is 24.9 Å². The van der Waals surface area contributed by atoms with Gasteiger partial charge in [0.15, 0.2) is 0 Å². The number of thioether (sulfide) groups is 1. The second kappa shape index (κ2) is 6.24. The smallest absolute Gasteiger partial charge is 0.124 e. The number of nitrogens with zero attached hydrogens (tertiary/aromatic N) is 1. The molecule has 1 unspecified atom stereocenters. The van der Waals surface area contributed by atoms with Gasteiger partial charge in [-0.3, -0.25) is 0 Å². The second-order valence-corrected chi connectivity index (χ2v) is 7.11. The molecule has 1 N–H and O–H groups in total. The minimum absolute atomic E-state index is 0.177. The molecule has 0 radical (unpaired) electrons. The van der Waals surface area contributed by atoms with Gasteiger partial charge >= 0.3 is 0 Å². The van der Waals surface area contributed by atoms with Crippen molar-refractivity contribution in [2.45, 2.75) is 36.0 Å². The highest BCUT2D eigenvalue weighted by Crippen LogP contribution is 2.35. The van der Waals surface area contributed by atoms with Crippen molar-refractivity contribution in [3.05, 3.63) is 45.7 Å². The lowest BCUT2D eigenvalue weighted by molar-refractivity contribution is 0.489. The summed E-state index contributed by atoms with van der Waals surface area (Å²) in [6.45, 7) is 0. The summed E-state index contributed by atoms with van der Waals surface area (Å²) in [5, 5.41) is 4.49. The van der Waals surface area contributed by atoms with Crippen molar-refractivity contribution in [1.29, 1.82) is 0 Å². The number of thiazole rings is 1. The van der Waals surface area contributed by atoms with Crippen LogP contribution < -0.4 is 5.32 Å². The highest BCUT2D eigenvalue weighted by atomic mass is 32.2. The molecule has 1 aromatic carbocycles. The summed E-state index contributed by atoms with van der Waals surface area (Å²) < 4.78 is 13.1. The van der Waals surface area contributed by atoms with E-state index in [9.17, 15) is 4.39 Å². The molecule has 5 heteroatoms. The van der Waals surface area contributed by atoms with E-state index in [1.165, 1.54) is 29.5 Å². The van der Waals surface area contributed by atoms with Gasteiger partial charge in [0.1, 0.15) is 10.8 Å². The van der Waals surface area contributed by atoms with Crippen LogP contribution in [0.25, 0.3) is 0 Å². The summed E-state index contributed by atoms with van der Waals surface area (Å²) in [6, 6.07) is 7.15. The van der Waals surface area contributed by atoms with Gasteiger partial charge in [0, 0.05) is 9.77 Å². The highest BCUT2D eigenvalue weighted by Gasteiger charge is 2.23. The summed E-state index contributed by atoms with van der Waals surface area (Å²) >= 11 is 3.46. The number of hydrogen-bond acceptors (Lipinski definition) is 4. The Morgan fingerprint density at radius 2 is 2.40 bits per heavy atom. The van der Waals surface area contributed by atoms with Crippen LogP contribution in [0.5, 0.6) is 0 Å². The second-order valence-electron chi connectivity index (χ2n) is 4.90. The van der Waals surface area contributed by atoms with E-state index in [0.717, 1.165) is 22.1 Å². The summed E-state index contributed by atoms with van der Waals surface area (Å²) in [6.07, 6.45) is 3.55. The van der Waals surface area contributed by atoms with Crippen LogP contribution in [-0.2, 0) is 12.2 Å². The Hall–Kier alpha value is -0.910. The van der Waals surface area contributed by atoms with E-state index in [4.69, 9.17) is 4.98 Å². The standard InChI is InChI=1S/C15H17FN2S2/c1-17-12-6-3-7-13-15(12)18-14(20-13)9-19-11-5-2-4-10(16)8-11/h2,4-5,8,12,17H,3,6-7,9H2,1H3. The fraction of sp³-hybridized carbons (Fsp3) is 0.400. The fourth-order valence-corrected chi connectivity index (χ4v) is 4.62. The summed E-state index contributed by atoms with van der Waals surface area (Å²) in [5.74, 6) is 0.640. The first kappa shape index (κ1) is 14.0. The van der Waals surface area contributed by atoms with E-state index < -0.39 is 0 Å². The Morgan fingerprint density at radius 3 is 3.20 bits per heavy atom. The molecule has 20 heavy (non-hydrogen) atoms. The maximum Gasteiger partial charge on any atom is 0.124 e. The predicted octanol–water partition coefficient (Wildman–Crippen LogP) is 4.17. The molecule has 0 saturated carbocycles. The van der Waals surface area contributed by atoms with E-state index in [2.05, 4.69) is 5.32 Å². The van der Waals surface area contributed by atoms with Crippen LogP contribution in [0.15, 0.2) is 29.2 Å². The van der Waals surface area contributed by atoms with Crippen molar-refractivity contribution >= 4 is 23.1 Å². The van der Waals surface area contributed by atoms with Crippen LogP contribution >= 0.6 is 23.1 Å². The molecule has 0 saturated heterocycles. The zero-order chi connectivity index (χ0) is 13.9. The normalized spacial score (nSPS) is 18.0. The van der Waals surface area contributed by atoms with Crippen LogP contribution in [0.2, 0.25) is 0 Å². The number of aryl methyl sites for hydroxylation is 1. The van der Waals surface area contributed by atoms with E-state index in [-0.39, 0.29) is 5.82 Å². The fourth-order valence-electron chi connectivity index (χ4n) is 2.51. The number of aromatic nitrogens is 1. The average Bonchev–Trinajstić information content (AvgIpc) is 2.88. The molecular weight excluding hydrogens is 291 g/mol. The molecule has 0 fully saturated rings. The van der Waals surface area contributed by atoms with Crippen LogP contribution in [0.3, 0.4) is 0 Å². The number of halogens is 1. The third kappa shape index (κ3) is 3.05. The zero-order valence-corrected chi connectivity index (χ0v) is 13.0. The number of nitrogens with one attached hydrogen (secondary N) is 1. The van der Waals surface area contributed by atoms with Gasteiger partial charge < -0.3 is 5.32 Å². The maximum atomic E-state index is 13.1. The van der Waals surface area contributed by atoms with E-state index in [0.29, 0.717) is 6.04 Å². The quantitative estimate of drug-likeness (QED) is 0.858. The average molecular weight is 308 g/mol. The van der Waals surface area contributed by atoms with Gasteiger partial charge in [0.05, 0.1) is 17.5 Å². The Labute approximate surface area is 126 Å². The minimum Gasteiger partial charge on any atom is -0.312 e. The number of fused-ring (bicyclic) bond motifs is 1. The molecular formula is C15H17FN2S2. The zero-order valence-electron chi connectivity index (χ0n) is 11.4.